The highest BCUT2D eigenvalue weighted by molar-refractivity contribution is 7.80. The molecule has 0 saturated heterocycles. The third-order valence-electron chi connectivity index (χ3n) is 3.92. The molecule has 1 aromatic rings. The summed E-state index contributed by atoms with van der Waals surface area (Å²) in [5.74, 6) is 0.580. The lowest BCUT2D eigenvalue weighted by Gasteiger charge is -2.32. The molecule has 1 fully saturated rings. The maximum absolute atomic E-state index is 13.4. The average molecular weight is 280 g/mol. The van der Waals surface area contributed by atoms with Gasteiger partial charge in [-0.3, -0.25) is 4.90 Å². The van der Waals surface area contributed by atoms with Gasteiger partial charge >= 0.3 is 0 Å². The van der Waals surface area contributed by atoms with Crippen molar-refractivity contribution in [3.8, 4) is 0 Å². The fraction of sp³-hybridized carbons (Fsp3) is 0.533. The molecule has 0 heterocycles. The molecule has 0 bridgehead atoms. The van der Waals surface area contributed by atoms with Crippen LogP contribution in [0.5, 0.6) is 0 Å². The quantitative estimate of drug-likeness (QED) is 0.812. The van der Waals surface area contributed by atoms with Crippen LogP contribution < -0.4 is 5.73 Å². The molecule has 4 heteroatoms. The zero-order chi connectivity index (χ0) is 13.8. The number of nitrogens with zero attached hydrogens (tertiary/aromatic N) is 1. The average Bonchev–Trinajstić information content (AvgIpc) is 2.31. The Morgan fingerprint density at radius 2 is 2.21 bits per heavy atom. The van der Waals surface area contributed by atoms with E-state index in [9.17, 15) is 4.39 Å². The molecule has 0 amide bonds. The Balaban J connectivity index is 2.10. The van der Waals surface area contributed by atoms with Crippen LogP contribution in [0.15, 0.2) is 18.2 Å². The van der Waals surface area contributed by atoms with Crippen molar-refractivity contribution in [2.45, 2.75) is 32.7 Å². The molecule has 2 N–H and O–H groups in total. The first-order chi connectivity index (χ1) is 9.10. The van der Waals surface area contributed by atoms with E-state index in [0.717, 1.165) is 36.7 Å². The lowest BCUT2D eigenvalue weighted by Crippen LogP contribution is -2.32. The summed E-state index contributed by atoms with van der Waals surface area (Å²) in [4.78, 5) is 2.69. The van der Waals surface area contributed by atoms with Crippen LogP contribution in [0.1, 0.15) is 37.3 Å². The predicted molar refractivity (Wildman–Crippen MR) is 80.6 cm³/mol. The standard InChI is InChI=1S/C15H21FN2S/c1-2-18(9-11-4-3-5-11)10-12-8-13(16)6-7-14(12)15(17)19/h6-8,11H,2-5,9-10H2,1H3,(H2,17,19). The Morgan fingerprint density at radius 3 is 2.74 bits per heavy atom. The van der Waals surface area contributed by atoms with Gasteiger partial charge in [0.1, 0.15) is 10.8 Å². The fourth-order valence-corrected chi connectivity index (χ4v) is 2.72. The van der Waals surface area contributed by atoms with E-state index in [1.54, 1.807) is 12.1 Å². The SMILES string of the molecule is CCN(Cc1cc(F)ccc1C(N)=S)CC1CCC1. The van der Waals surface area contributed by atoms with Crippen LogP contribution in [0.4, 0.5) is 4.39 Å². The third-order valence-corrected chi connectivity index (χ3v) is 4.13. The summed E-state index contributed by atoms with van der Waals surface area (Å²) in [6, 6.07) is 4.66. The molecule has 2 nitrogen and oxygen atoms in total. The summed E-state index contributed by atoms with van der Waals surface area (Å²) in [6.45, 7) is 4.91. The largest absolute Gasteiger partial charge is 0.389 e. The van der Waals surface area contributed by atoms with Crippen LogP contribution in [0.3, 0.4) is 0 Å². The van der Waals surface area contributed by atoms with Gasteiger partial charge in [-0.05, 0) is 49.1 Å². The minimum atomic E-state index is -0.227. The van der Waals surface area contributed by atoms with E-state index in [1.807, 2.05) is 0 Å². The zero-order valence-corrected chi connectivity index (χ0v) is 12.2. The first-order valence-electron chi connectivity index (χ1n) is 6.90. The minimum Gasteiger partial charge on any atom is -0.389 e. The van der Waals surface area contributed by atoms with Gasteiger partial charge in [0, 0.05) is 18.7 Å². The number of halogens is 1. The number of hydrogen-bond acceptors (Lipinski definition) is 2. The number of rotatable bonds is 6. The topological polar surface area (TPSA) is 29.3 Å². The van der Waals surface area contributed by atoms with Gasteiger partial charge < -0.3 is 5.73 Å². The Hall–Kier alpha value is -1.00. The zero-order valence-electron chi connectivity index (χ0n) is 11.4. The van der Waals surface area contributed by atoms with Crippen molar-refractivity contribution in [2.24, 2.45) is 11.7 Å². The van der Waals surface area contributed by atoms with Crippen molar-refractivity contribution < 1.29 is 4.39 Å². The summed E-state index contributed by atoms with van der Waals surface area (Å²) in [5.41, 5.74) is 7.40. The second kappa shape index (κ2) is 6.44. The molecular formula is C15H21FN2S. The number of thiocarbonyl (C=S) groups is 1. The molecule has 0 spiro atoms. The molecule has 0 atom stereocenters. The molecule has 2 rings (SSSR count). The Labute approximate surface area is 119 Å². The second-order valence-corrected chi connectivity index (χ2v) is 5.73. The lowest BCUT2D eigenvalue weighted by molar-refractivity contribution is 0.178. The molecule has 0 aliphatic heterocycles. The summed E-state index contributed by atoms with van der Waals surface area (Å²) < 4.78 is 13.4. The molecule has 19 heavy (non-hydrogen) atoms. The van der Waals surface area contributed by atoms with Crippen LogP contribution >= 0.6 is 12.2 Å². The highest BCUT2D eigenvalue weighted by Crippen LogP contribution is 2.27. The van der Waals surface area contributed by atoms with E-state index in [0.29, 0.717) is 4.99 Å². The van der Waals surface area contributed by atoms with Gasteiger partial charge in [-0.1, -0.05) is 25.6 Å². The van der Waals surface area contributed by atoms with Crippen LogP contribution in [-0.4, -0.2) is 23.0 Å². The first-order valence-corrected chi connectivity index (χ1v) is 7.31. The minimum absolute atomic E-state index is 0.227. The van der Waals surface area contributed by atoms with Crippen LogP contribution in [-0.2, 0) is 6.54 Å². The van der Waals surface area contributed by atoms with Crippen molar-refractivity contribution in [3.05, 3.63) is 35.1 Å². The van der Waals surface area contributed by atoms with E-state index in [4.69, 9.17) is 18.0 Å². The molecule has 0 unspecified atom stereocenters. The van der Waals surface area contributed by atoms with Crippen molar-refractivity contribution in [1.82, 2.24) is 4.90 Å². The predicted octanol–water partition coefficient (Wildman–Crippen LogP) is 3.08. The molecular weight excluding hydrogens is 259 g/mol. The fourth-order valence-electron chi connectivity index (χ4n) is 2.52. The third kappa shape index (κ3) is 3.74. The monoisotopic (exact) mass is 280 g/mol. The van der Waals surface area contributed by atoms with Gasteiger partial charge in [0.15, 0.2) is 0 Å². The van der Waals surface area contributed by atoms with E-state index >= 15 is 0 Å². The van der Waals surface area contributed by atoms with Crippen LogP contribution in [0.2, 0.25) is 0 Å². The number of benzene rings is 1. The molecule has 104 valence electrons. The van der Waals surface area contributed by atoms with Gasteiger partial charge in [-0.15, -0.1) is 0 Å². The van der Waals surface area contributed by atoms with Crippen LogP contribution in [0, 0.1) is 11.7 Å². The Bertz CT molecular complexity index is 457. The second-order valence-electron chi connectivity index (χ2n) is 5.29. The van der Waals surface area contributed by atoms with Crippen molar-refractivity contribution in [3.63, 3.8) is 0 Å². The summed E-state index contributed by atoms with van der Waals surface area (Å²) >= 11 is 5.04. The molecule has 1 aliphatic rings. The van der Waals surface area contributed by atoms with E-state index < -0.39 is 0 Å². The Kier molecular flexibility index (Phi) is 4.88. The van der Waals surface area contributed by atoms with Crippen LogP contribution in [0.25, 0.3) is 0 Å². The summed E-state index contributed by atoms with van der Waals surface area (Å²) in [7, 11) is 0. The molecule has 1 aliphatic carbocycles. The molecule has 1 aromatic carbocycles. The normalized spacial score (nSPS) is 15.5. The maximum atomic E-state index is 13.4. The highest BCUT2D eigenvalue weighted by Gasteiger charge is 2.20. The Morgan fingerprint density at radius 1 is 1.47 bits per heavy atom. The summed E-state index contributed by atoms with van der Waals surface area (Å²) in [6.07, 6.45) is 3.99. The van der Waals surface area contributed by atoms with Crippen molar-refractivity contribution >= 4 is 17.2 Å². The molecule has 1 saturated carbocycles. The van der Waals surface area contributed by atoms with Gasteiger partial charge in [0.2, 0.25) is 0 Å². The van der Waals surface area contributed by atoms with Gasteiger partial charge in [0.25, 0.3) is 0 Å². The van der Waals surface area contributed by atoms with Gasteiger partial charge in [-0.2, -0.15) is 0 Å². The lowest BCUT2D eigenvalue weighted by atomic mass is 9.85. The number of hydrogen-bond donors (Lipinski definition) is 1. The molecule has 0 radical (unpaired) electrons. The molecule has 0 aromatic heterocycles. The van der Waals surface area contributed by atoms with Crippen molar-refractivity contribution in [2.75, 3.05) is 13.1 Å². The van der Waals surface area contributed by atoms with Crippen molar-refractivity contribution in [1.29, 1.82) is 0 Å². The van der Waals surface area contributed by atoms with E-state index in [1.165, 1.54) is 25.3 Å². The smallest absolute Gasteiger partial charge is 0.123 e. The van der Waals surface area contributed by atoms with Gasteiger partial charge in [0.05, 0.1) is 0 Å². The summed E-state index contributed by atoms with van der Waals surface area (Å²) in [5, 5.41) is 0. The van der Waals surface area contributed by atoms with E-state index in [-0.39, 0.29) is 5.82 Å². The maximum Gasteiger partial charge on any atom is 0.123 e. The number of nitrogens with two attached hydrogens (primary N) is 1. The first kappa shape index (κ1) is 14.4. The highest BCUT2D eigenvalue weighted by atomic mass is 32.1. The van der Waals surface area contributed by atoms with Gasteiger partial charge in [-0.25, -0.2) is 4.39 Å². The van der Waals surface area contributed by atoms with E-state index in [2.05, 4.69) is 11.8 Å².